The molecular weight excluding hydrogens is 859 g/mol. The third-order valence-corrected chi connectivity index (χ3v) is 14.0. The molecule has 0 fully saturated rings. The molecule has 0 atom stereocenters. The zero-order chi connectivity index (χ0) is 45.9. The molecule has 15 rings (SSSR count). The second kappa shape index (κ2) is 15.0. The van der Waals surface area contributed by atoms with Crippen LogP contribution in [0.5, 0.6) is 0 Å². The highest BCUT2D eigenvalue weighted by atomic mass is 16.3. The van der Waals surface area contributed by atoms with Crippen LogP contribution in [-0.2, 0) is 0 Å². The molecule has 0 saturated carbocycles. The van der Waals surface area contributed by atoms with Gasteiger partial charge in [0.2, 0.25) is 0 Å². The average Bonchev–Trinajstić information content (AvgIpc) is 4.19. The number of furan rings is 3. The van der Waals surface area contributed by atoms with E-state index in [4.69, 9.17) is 23.2 Å². The van der Waals surface area contributed by atoms with Crippen LogP contribution in [0.25, 0.3) is 149 Å². The highest BCUT2D eigenvalue weighted by Gasteiger charge is 2.23. The van der Waals surface area contributed by atoms with Gasteiger partial charge < -0.3 is 17.8 Å². The lowest BCUT2D eigenvalue weighted by atomic mass is 9.98. The summed E-state index contributed by atoms with van der Waals surface area (Å²) in [5, 5.41) is 7.42. The van der Waals surface area contributed by atoms with Crippen LogP contribution in [0.15, 0.2) is 238 Å². The molecule has 15 aromatic rings. The summed E-state index contributed by atoms with van der Waals surface area (Å²) in [6.45, 7) is 0. The maximum atomic E-state index is 6.81. The molecule has 0 bridgehead atoms. The molecule has 0 aliphatic heterocycles. The summed E-state index contributed by atoms with van der Waals surface area (Å²) < 4.78 is 22.1. The van der Waals surface area contributed by atoms with E-state index in [1.807, 2.05) is 36.4 Å². The molecule has 0 spiro atoms. The number of hydrogen-bond donors (Lipinski definition) is 0. The molecule has 0 aliphatic rings. The monoisotopic (exact) mass is 895 g/mol. The largest absolute Gasteiger partial charge is 0.456 e. The molecule has 0 radical (unpaired) electrons. The molecule has 0 unspecified atom stereocenters. The summed E-state index contributed by atoms with van der Waals surface area (Å²) in [4.78, 5) is 10.9. The van der Waals surface area contributed by atoms with Crippen molar-refractivity contribution in [3.05, 3.63) is 224 Å². The smallest absolute Gasteiger partial charge is 0.180 e. The minimum Gasteiger partial charge on any atom is -0.456 e. The van der Waals surface area contributed by atoms with Crippen LogP contribution in [0.2, 0.25) is 0 Å². The summed E-state index contributed by atoms with van der Waals surface area (Å²) in [5.41, 5.74) is 18.0. The molecular formula is C64H37N3O3. The van der Waals surface area contributed by atoms with Crippen LogP contribution in [0, 0.1) is 0 Å². The number of para-hydroxylation sites is 3. The van der Waals surface area contributed by atoms with Crippen molar-refractivity contribution in [2.45, 2.75) is 0 Å². The number of nitrogens with zero attached hydrogens (tertiary/aromatic N) is 3. The topological polar surface area (TPSA) is 70.1 Å². The van der Waals surface area contributed by atoms with Gasteiger partial charge in [0.1, 0.15) is 39.1 Å². The second-order valence-electron chi connectivity index (χ2n) is 18.0. The van der Waals surface area contributed by atoms with Crippen LogP contribution in [0.3, 0.4) is 0 Å². The third-order valence-electron chi connectivity index (χ3n) is 14.0. The van der Waals surface area contributed by atoms with Gasteiger partial charge in [0, 0.05) is 54.5 Å². The van der Waals surface area contributed by atoms with Crippen molar-refractivity contribution in [3.63, 3.8) is 0 Å². The Hall–Kier alpha value is -9.52. The summed E-state index contributed by atoms with van der Waals surface area (Å²) in [6, 6.07) is 78.5. The number of hydrogen-bond acceptors (Lipinski definition) is 5. The summed E-state index contributed by atoms with van der Waals surface area (Å²) in [6.07, 6.45) is 0. The molecule has 10 aromatic carbocycles. The van der Waals surface area contributed by atoms with Gasteiger partial charge in [-0.1, -0.05) is 152 Å². The van der Waals surface area contributed by atoms with Crippen LogP contribution >= 0.6 is 0 Å². The van der Waals surface area contributed by atoms with Crippen molar-refractivity contribution >= 4 is 87.8 Å². The fourth-order valence-corrected chi connectivity index (χ4v) is 10.8. The Morgan fingerprint density at radius 3 is 1.66 bits per heavy atom. The summed E-state index contributed by atoms with van der Waals surface area (Å²) in [5.74, 6) is 0.583. The maximum Gasteiger partial charge on any atom is 0.180 e. The van der Waals surface area contributed by atoms with Gasteiger partial charge in [0.05, 0.1) is 11.0 Å². The first kappa shape index (κ1) is 38.6. The molecule has 0 amide bonds. The summed E-state index contributed by atoms with van der Waals surface area (Å²) >= 11 is 0. The van der Waals surface area contributed by atoms with Gasteiger partial charge in [-0.3, -0.25) is 0 Å². The molecule has 5 aromatic heterocycles. The zero-order valence-electron chi connectivity index (χ0n) is 37.4. The first-order chi connectivity index (χ1) is 34.7. The highest BCUT2D eigenvalue weighted by Crippen LogP contribution is 2.44. The Bertz CT molecular complexity index is 4580. The predicted octanol–water partition coefficient (Wildman–Crippen LogP) is 17.6. The van der Waals surface area contributed by atoms with Gasteiger partial charge in [0.25, 0.3) is 0 Å². The Kier molecular flexibility index (Phi) is 8.26. The van der Waals surface area contributed by atoms with Gasteiger partial charge in [0.15, 0.2) is 11.4 Å². The van der Waals surface area contributed by atoms with Gasteiger partial charge >= 0.3 is 0 Å². The van der Waals surface area contributed by atoms with Gasteiger partial charge in [-0.15, -0.1) is 0 Å². The van der Waals surface area contributed by atoms with Crippen molar-refractivity contribution in [2.75, 3.05) is 0 Å². The number of fused-ring (bicyclic) bond motifs is 12. The Labute approximate surface area is 399 Å². The predicted molar refractivity (Wildman–Crippen MR) is 285 cm³/mol. The van der Waals surface area contributed by atoms with Crippen molar-refractivity contribution < 1.29 is 13.3 Å². The lowest BCUT2D eigenvalue weighted by Crippen LogP contribution is -1.94. The van der Waals surface area contributed by atoms with Crippen molar-refractivity contribution in [3.8, 4) is 61.7 Å². The van der Waals surface area contributed by atoms with E-state index >= 15 is 0 Å². The van der Waals surface area contributed by atoms with Crippen molar-refractivity contribution in [2.24, 2.45) is 0 Å². The Balaban J connectivity index is 0.930. The van der Waals surface area contributed by atoms with Crippen LogP contribution < -0.4 is 0 Å². The van der Waals surface area contributed by atoms with Crippen LogP contribution in [-0.4, -0.2) is 14.5 Å². The molecule has 70 heavy (non-hydrogen) atoms. The normalized spacial score (nSPS) is 12.0. The number of aromatic nitrogens is 3. The van der Waals surface area contributed by atoms with E-state index in [0.717, 1.165) is 116 Å². The second-order valence-corrected chi connectivity index (χ2v) is 18.0. The minimum atomic E-state index is 0.583. The molecule has 326 valence electrons. The van der Waals surface area contributed by atoms with E-state index in [1.54, 1.807) is 0 Å². The lowest BCUT2D eigenvalue weighted by molar-refractivity contribution is 0.667. The average molecular weight is 896 g/mol. The zero-order valence-corrected chi connectivity index (χ0v) is 37.4. The van der Waals surface area contributed by atoms with Gasteiger partial charge in [-0.05, 0) is 106 Å². The summed E-state index contributed by atoms with van der Waals surface area (Å²) in [7, 11) is 0. The fourth-order valence-electron chi connectivity index (χ4n) is 10.8. The van der Waals surface area contributed by atoms with E-state index < -0.39 is 0 Å². The van der Waals surface area contributed by atoms with Crippen molar-refractivity contribution in [1.82, 2.24) is 14.5 Å². The first-order valence-corrected chi connectivity index (χ1v) is 23.5. The Morgan fingerprint density at radius 1 is 0.314 bits per heavy atom. The van der Waals surface area contributed by atoms with E-state index in [1.165, 1.54) is 16.3 Å². The number of benzene rings is 10. The molecule has 6 heteroatoms. The molecule has 0 aliphatic carbocycles. The Morgan fingerprint density at radius 2 is 0.857 bits per heavy atom. The molecule has 5 heterocycles. The van der Waals surface area contributed by atoms with Gasteiger partial charge in [-0.2, -0.15) is 0 Å². The van der Waals surface area contributed by atoms with E-state index in [-0.39, 0.29) is 0 Å². The maximum absolute atomic E-state index is 6.81. The third kappa shape index (κ3) is 5.87. The quantitative estimate of drug-likeness (QED) is 0.166. The van der Waals surface area contributed by atoms with Crippen LogP contribution in [0.4, 0.5) is 0 Å². The fraction of sp³-hybridized carbons (Fsp3) is 0. The number of rotatable bonds is 6. The molecule has 0 N–H and O–H groups in total. The first-order valence-electron chi connectivity index (χ1n) is 23.5. The van der Waals surface area contributed by atoms with Crippen molar-refractivity contribution in [1.29, 1.82) is 0 Å². The highest BCUT2D eigenvalue weighted by molar-refractivity contribution is 6.17. The van der Waals surface area contributed by atoms with Crippen LogP contribution in [0.1, 0.15) is 0 Å². The van der Waals surface area contributed by atoms with E-state index in [9.17, 15) is 0 Å². The lowest BCUT2D eigenvalue weighted by Gasteiger charge is -2.09. The minimum absolute atomic E-state index is 0.583. The van der Waals surface area contributed by atoms with E-state index in [0.29, 0.717) is 17.1 Å². The molecule has 0 saturated heterocycles. The van der Waals surface area contributed by atoms with E-state index in [2.05, 4.69) is 193 Å². The van der Waals surface area contributed by atoms with Gasteiger partial charge in [-0.25, -0.2) is 9.97 Å². The SMILES string of the molecule is c1ccc(-c2ccc(-c3nc(-c4cccc5oc6ccc(-c7ccc8c(c7)c7ccccc7n8-c7ccccc7)cc6c45)nc4c3oc3ccc(-c5cccc6oc7ccccc7c56)cc34)cc2)cc1. The standard InChI is InChI=1S/C64H37N3O3/c1-3-13-38(14-4-1)39-25-27-40(28-26-39)61-63-62(51-37-43(31-34-56(51)70-63)45-19-11-23-57-59(45)47-18-8-10-22-54(47)68-57)66-64(65-61)48-20-12-24-58-60(48)50-36-42(30-33-55(50)69-58)41-29-32-53-49(35-41)46-17-7-9-21-52(46)67(53)44-15-5-2-6-16-44/h1-37H. The molecule has 6 nitrogen and oxygen atoms in total.